The average Bonchev–Trinajstić information content (AvgIpc) is 2.51. The van der Waals surface area contributed by atoms with Gasteiger partial charge in [-0.05, 0) is 44.3 Å². The SMILES string of the molecule is Cc1ccc(C(CNC(=O)Cc2ccc(F)cc2)N(C)C)cc1. The third-order valence-corrected chi connectivity index (χ3v) is 3.86. The average molecular weight is 314 g/mol. The van der Waals surface area contributed by atoms with Crippen LogP contribution in [0.4, 0.5) is 4.39 Å². The van der Waals surface area contributed by atoms with E-state index in [4.69, 9.17) is 0 Å². The Bertz CT molecular complexity index is 635. The van der Waals surface area contributed by atoms with E-state index in [2.05, 4.69) is 41.4 Å². The monoisotopic (exact) mass is 314 g/mol. The van der Waals surface area contributed by atoms with E-state index >= 15 is 0 Å². The maximum atomic E-state index is 12.9. The van der Waals surface area contributed by atoms with Crippen LogP contribution in [0.15, 0.2) is 48.5 Å². The number of halogens is 1. The van der Waals surface area contributed by atoms with Gasteiger partial charge in [0.25, 0.3) is 0 Å². The first-order valence-electron chi connectivity index (χ1n) is 7.70. The molecule has 1 N–H and O–H groups in total. The number of likely N-dealkylation sites (N-methyl/N-ethyl adjacent to an activating group) is 1. The van der Waals surface area contributed by atoms with Gasteiger partial charge in [-0.15, -0.1) is 0 Å². The molecule has 1 unspecified atom stereocenters. The number of nitrogens with zero attached hydrogens (tertiary/aromatic N) is 1. The molecule has 23 heavy (non-hydrogen) atoms. The lowest BCUT2D eigenvalue weighted by atomic mass is 10.0. The third kappa shape index (κ3) is 5.18. The zero-order chi connectivity index (χ0) is 16.8. The molecule has 2 aromatic rings. The topological polar surface area (TPSA) is 32.3 Å². The third-order valence-electron chi connectivity index (χ3n) is 3.86. The van der Waals surface area contributed by atoms with Crippen LogP contribution in [0.1, 0.15) is 22.7 Å². The largest absolute Gasteiger partial charge is 0.354 e. The molecule has 1 atom stereocenters. The van der Waals surface area contributed by atoms with Crippen LogP contribution in [0.5, 0.6) is 0 Å². The highest BCUT2D eigenvalue weighted by atomic mass is 19.1. The first-order chi connectivity index (χ1) is 11.0. The lowest BCUT2D eigenvalue weighted by molar-refractivity contribution is -0.120. The minimum absolute atomic E-state index is 0.0597. The second kappa shape index (κ2) is 7.88. The second-order valence-corrected chi connectivity index (χ2v) is 6.00. The summed E-state index contributed by atoms with van der Waals surface area (Å²) in [5.41, 5.74) is 3.19. The zero-order valence-corrected chi connectivity index (χ0v) is 13.8. The number of amides is 1. The highest BCUT2D eigenvalue weighted by Crippen LogP contribution is 2.18. The molecular weight excluding hydrogens is 291 g/mol. The summed E-state index contributed by atoms with van der Waals surface area (Å²) in [7, 11) is 3.99. The van der Waals surface area contributed by atoms with Gasteiger partial charge in [-0.25, -0.2) is 4.39 Å². The van der Waals surface area contributed by atoms with Gasteiger partial charge in [0, 0.05) is 6.54 Å². The summed E-state index contributed by atoms with van der Waals surface area (Å²) in [6.07, 6.45) is 0.258. The summed E-state index contributed by atoms with van der Waals surface area (Å²) < 4.78 is 12.9. The Morgan fingerprint density at radius 3 is 2.26 bits per heavy atom. The lowest BCUT2D eigenvalue weighted by Gasteiger charge is -2.25. The zero-order valence-electron chi connectivity index (χ0n) is 13.8. The van der Waals surface area contributed by atoms with E-state index in [-0.39, 0.29) is 24.2 Å². The van der Waals surface area contributed by atoms with Crippen LogP contribution in [0.25, 0.3) is 0 Å². The number of hydrogen-bond acceptors (Lipinski definition) is 2. The molecule has 0 heterocycles. The molecule has 0 saturated heterocycles. The standard InChI is InChI=1S/C19H23FN2O/c1-14-4-8-16(9-5-14)18(22(2)3)13-21-19(23)12-15-6-10-17(20)11-7-15/h4-11,18H,12-13H2,1-3H3,(H,21,23). The first kappa shape index (κ1) is 17.2. The molecule has 1 amide bonds. The van der Waals surface area contributed by atoms with Crippen LogP contribution in [-0.2, 0) is 11.2 Å². The smallest absolute Gasteiger partial charge is 0.224 e. The number of carbonyl (C=O) groups excluding carboxylic acids is 1. The molecule has 2 aromatic carbocycles. The molecule has 0 aliphatic rings. The molecule has 0 aliphatic carbocycles. The van der Waals surface area contributed by atoms with Crippen LogP contribution >= 0.6 is 0 Å². The normalized spacial score (nSPS) is 12.2. The van der Waals surface area contributed by atoms with E-state index in [9.17, 15) is 9.18 Å². The van der Waals surface area contributed by atoms with Crippen molar-refractivity contribution in [3.8, 4) is 0 Å². The molecule has 0 saturated carbocycles. The predicted octanol–water partition coefficient (Wildman–Crippen LogP) is 3.10. The van der Waals surface area contributed by atoms with Crippen molar-refractivity contribution in [1.29, 1.82) is 0 Å². The number of carbonyl (C=O) groups is 1. The van der Waals surface area contributed by atoms with Crippen LogP contribution in [0, 0.1) is 12.7 Å². The number of hydrogen-bond donors (Lipinski definition) is 1. The Morgan fingerprint density at radius 1 is 1.09 bits per heavy atom. The van der Waals surface area contributed by atoms with Gasteiger partial charge in [0.2, 0.25) is 5.91 Å². The number of rotatable bonds is 6. The van der Waals surface area contributed by atoms with Gasteiger partial charge in [0.1, 0.15) is 5.82 Å². The number of nitrogens with one attached hydrogen (secondary N) is 1. The number of aryl methyl sites for hydroxylation is 1. The fraction of sp³-hybridized carbons (Fsp3) is 0.316. The van der Waals surface area contributed by atoms with Gasteiger partial charge in [0.05, 0.1) is 12.5 Å². The number of benzene rings is 2. The molecule has 0 aliphatic heterocycles. The summed E-state index contributed by atoms with van der Waals surface area (Å²) in [5.74, 6) is -0.350. The van der Waals surface area contributed by atoms with E-state index in [0.29, 0.717) is 6.54 Å². The molecule has 3 nitrogen and oxygen atoms in total. The van der Waals surface area contributed by atoms with Crippen molar-refractivity contribution >= 4 is 5.91 Å². The molecule has 0 bridgehead atoms. The summed E-state index contributed by atoms with van der Waals surface area (Å²) in [5, 5.41) is 2.97. The molecule has 0 spiro atoms. The van der Waals surface area contributed by atoms with Gasteiger partial charge in [-0.3, -0.25) is 4.79 Å². The van der Waals surface area contributed by atoms with Gasteiger partial charge in [-0.2, -0.15) is 0 Å². The molecule has 2 rings (SSSR count). The quantitative estimate of drug-likeness (QED) is 0.888. The molecule has 0 radical (unpaired) electrons. The minimum Gasteiger partial charge on any atom is -0.354 e. The summed E-state index contributed by atoms with van der Waals surface area (Å²) in [6.45, 7) is 2.59. The summed E-state index contributed by atoms with van der Waals surface area (Å²) >= 11 is 0. The van der Waals surface area contributed by atoms with Gasteiger partial charge in [0.15, 0.2) is 0 Å². The van der Waals surface area contributed by atoms with Crippen molar-refractivity contribution in [2.75, 3.05) is 20.6 Å². The Hall–Kier alpha value is -2.20. The van der Waals surface area contributed by atoms with Crippen molar-refractivity contribution in [3.63, 3.8) is 0 Å². The highest BCUT2D eigenvalue weighted by Gasteiger charge is 2.15. The van der Waals surface area contributed by atoms with Crippen LogP contribution in [0.3, 0.4) is 0 Å². The van der Waals surface area contributed by atoms with Crippen molar-refractivity contribution in [3.05, 3.63) is 71.0 Å². The Balaban J connectivity index is 1.94. The van der Waals surface area contributed by atoms with Crippen LogP contribution < -0.4 is 5.32 Å². The predicted molar refractivity (Wildman–Crippen MR) is 90.7 cm³/mol. The Morgan fingerprint density at radius 2 is 1.70 bits per heavy atom. The van der Waals surface area contributed by atoms with Gasteiger partial charge < -0.3 is 10.2 Å². The van der Waals surface area contributed by atoms with Crippen LogP contribution in [0.2, 0.25) is 0 Å². The van der Waals surface area contributed by atoms with E-state index in [1.54, 1.807) is 12.1 Å². The molecule has 4 heteroatoms. The van der Waals surface area contributed by atoms with E-state index in [1.165, 1.54) is 23.3 Å². The molecular formula is C19H23FN2O. The van der Waals surface area contributed by atoms with Gasteiger partial charge >= 0.3 is 0 Å². The first-order valence-corrected chi connectivity index (χ1v) is 7.70. The Kier molecular flexibility index (Phi) is 5.88. The highest BCUT2D eigenvalue weighted by molar-refractivity contribution is 5.78. The van der Waals surface area contributed by atoms with Crippen molar-refractivity contribution in [2.45, 2.75) is 19.4 Å². The van der Waals surface area contributed by atoms with Crippen molar-refractivity contribution in [2.24, 2.45) is 0 Å². The molecule has 0 aromatic heterocycles. The van der Waals surface area contributed by atoms with Crippen molar-refractivity contribution < 1.29 is 9.18 Å². The Labute approximate surface area is 137 Å². The lowest BCUT2D eigenvalue weighted by Crippen LogP contribution is -2.35. The van der Waals surface area contributed by atoms with Gasteiger partial charge in [-0.1, -0.05) is 42.0 Å². The maximum absolute atomic E-state index is 12.9. The summed E-state index contributed by atoms with van der Waals surface area (Å²) in [4.78, 5) is 14.2. The summed E-state index contributed by atoms with van der Waals surface area (Å²) in [6, 6.07) is 14.5. The van der Waals surface area contributed by atoms with E-state index < -0.39 is 0 Å². The fourth-order valence-electron chi connectivity index (χ4n) is 2.45. The second-order valence-electron chi connectivity index (χ2n) is 6.00. The minimum atomic E-state index is -0.291. The fourth-order valence-corrected chi connectivity index (χ4v) is 2.45. The molecule has 0 fully saturated rings. The molecule has 122 valence electrons. The van der Waals surface area contributed by atoms with Crippen molar-refractivity contribution in [1.82, 2.24) is 10.2 Å². The van der Waals surface area contributed by atoms with E-state index in [1.807, 2.05) is 14.1 Å². The maximum Gasteiger partial charge on any atom is 0.224 e. The van der Waals surface area contributed by atoms with E-state index in [0.717, 1.165) is 5.56 Å². The van der Waals surface area contributed by atoms with Crippen LogP contribution in [-0.4, -0.2) is 31.4 Å².